The van der Waals surface area contributed by atoms with Crippen molar-refractivity contribution in [3.05, 3.63) is 36.1 Å². The van der Waals surface area contributed by atoms with Crippen molar-refractivity contribution in [2.45, 2.75) is 32.4 Å². The van der Waals surface area contributed by atoms with Gasteiger partial charge in [-0.25, -0.2) is 4.39 Å². The Balaban J connectivity index is 2.33. The molecule has 0 saturated heterocycles. The Morgan fingerprint density at radius 1 is 1.28 bits per heavy atom. The van der Waals surface area contributed by atoms with Crippen LogP contribution in [0, 0.1) is 0 Å². The Morgan fingerprint density at radius 2 is 2.11 bits per heavy atom. The summed E-state index contributed by atoms with van der Waals surface area (Å²) in [5.41, 5.74) is 0.246. The van der Waals surface area contributed by atoms with Gasteiger partial charge in [-0.05, 0) is 36.7 Å². The molecule has 1 aromatic carbocycles. The normalized spacial score (nSPS) is 14.8. The van der Waals surface area contributed by atoms with E-state index in [1.165, 1.54) is 0 Å². The summed E-state index contributed by atoms with van der Waals surface area (Å²) in [6.45, 7) is 5.15. The topological polar surface area (TPSA) is 25.2 Å². The SMILES string of the molecule is CCCC(F)(CNCC)c1ccc2occc2c1. The van der Waals surface area contributed by atoms with Gasteiger partial charge in [-0.3, -0.25) is 0 Å². The zero-order valence-electron chi connectivity index (χ0n) is 11.0. The van der Waals surface area contributed by atoms with E-state index in [9.17, 15) is 0 Å². The first kappa shape index (κ1) is 13.1. The van der Waals surface area contributed by atoms with Gasteiger partial charge in [0.05, 0.1) is 6.26 Å². The number of fused-ring (bicyclic) bond motifs is 1. The summed E-state index contributed by atoms with van der Waals surface area (Å²) in [5, 5.41) is 4.08. The Hall–Kier alpha value is -1.35. The molecule has 0 aliphatic rings. The monoisotopic (exact) mass is 249 g/mol. The summed E-state index contributed by atoms with van der Waals surface area (Å²) < 4.78 is 20.3. The minimum absolute atomic E-state index is 0.362. The second-order valence-electron chi connectivity index (χ2n) is 4.67. The van der Waals surface area contributed by atoms with Gasteiger partial charge in [-0.1, -0.05) is 26.3 Å². The van der Waals surface area contributed by atoms with Crippen LogP contribution < -0.4 is 5.32 Å². The zero-order valence-corrected chi connectivity index (χ0v) is 11.0. The zero-order chi connectivity index (χ0) is 13.0. The number of halogens is 1. The van der Waals surface area contributed by atoms with E-state index < -0.39 is 5.67 Å². The Kier molecular flexibility index (Phi) is 4.02. The van der Waals surface area contributed by atoms with Crippen molar-refractivity contribution in [2.24, 2.45) is 0 Å². The van der Waals surface area contributed by atoms with Crippen LogP contribution in [-0.2, 0) is 5.67 Å². The van der Waals surface area contributed by atoms with E-state index in [-0.39, 0.29) is 0 Å². The molecule has 1 aromatic heterocycles. The molecule has 1 heterocycles. The number of furan rings is 1. The fraction of sp³-hybridized carbons (Fsp3) is 0.467. The van der Waals surface area contributed by atoms with Crippen LogP contribution in [0.3, 0.4) is 0 Å². The van der Waals surface area contributed by atoms with Gasteiger partial charge in [-0.15, -0.1) is 0 Å². The first-order valence-electron chi connectivity index (χ1n) is 6.57. The Morgan fingerprint density at radius 3 is 2.83 bits per heavy atom. The average molecular weight is 249 g/mol. The minimum Gasteiger partial charge on any atom is -0.464 e. The molecule has 0 saturated carbocycles. The number of hydrogen-bond donors (Lipinski definition) is 1. The molecule has 18 heavy (non-hydrogen) atoms. The summed E-state index contributed by atoms with van der Waals surface area (Å²) >= 11 is 0. The van der Waals surface area contributed by atoms with Crippen molar-refractivity contribution >= 4 is 11.0 Å². The van der Waals surface area contributed by atoms with E-state index >= 15 is 4.39 Å². The van der Waals surface area contributed by atoms with Crippen molar-refractivity contribution in [3.8, 4) is 0 Å². The van der Waals surface area contributed by atoms with Crippen LogP contribution in [-0.4, -0.2) is 13.1 Å². The Labute approximate surface area is 107 Å². The molecule has 1 atom stereocenters. The number of likely N-dealkylation sites (N-methyl/N-ethyl adjacent to an activating group) is 1. The number of nitrogens with one attached hydrogen (secondary N) is 1. The molecule has 1 N–H and O–H groups in total. The number of hydrogen-bond acceptors (Lipinski definition) is 2. The van der Waals surface area contributed by atoms with Crippen LogP contribution in [0.1, 0.15) is 32.3 Å². The predicted octanol–water partition coefficient (Wildman–Crippen LogP) is 4.01. The third-order valence-corrected chi connectivity index (χ3v) is 3.27. The van der Waals surface area contributed by atoms with Crippen molar-refractivity contribution in [2.75, 3.05) is 13.1 Å². The predicted molar refractivity (Wildman–Crippen MR) is 72.5 cm³/mol. The fourth-order valence-corrected chi connectivity index (χ4v) is 2.30. The van der Waals surface area contributed by atoms with Crippen LogP contribution in [0.15, 0.2) is 34.9 Å². The molecular formula is C15H20FNO. The van der Waals surface area contributed by atoms with Gasteiger partial charge in [0.15, 0.2) is 0 Å². The van der Waals surface area contributed by atoms with Crippen molar-refractivity contribution in [3.63, 3.8) is 0 Å². The Bertz CT molecular complexity index is 508. The standard InChI is InChI=1S/C15H20FNO/c1-3-8-15(16,11-17-4-2)13-5-6-14-12(10-13)7-9-18-14/h5-7,9-10,17H,3-4,8,11H2,1-2H3. The number of benzene rings is 1. The molecule has 98 valence electrons. The van der Waals surface area contributed by atoms with Gasteiger partial charge in [0.25, 0.3) is 0 Å². The summed E-state index contributed by atoms with van der Waals surface area (Å²) in [5.74, 6) is 0. The molecule has 3 heteroatoms. The molecule has 2 rings (SSSR count). The lowest BCUT2D eigenvalue weighted by Gasteiger charge is -2.26. The highest BCUT2D eigenvalue weighted by Crippen LogP contribution is 2.32. The number of rotatable bonds is 6. The van der Waals surface area contributed by atoms with E-state index in [0.29, 0.717) is 13.0 Å². The smallest absolute Gasteiger partial charge is 0.148 e. The second kappa shape index (κ2) is 5.53. The summed E-state index contributed by atoms with van der Waals surface area (Å²) in [6, 6.07) is 7.45. The lowest BCUT2D eigenvalue weighted by Crippen LogP contribution is -2.34. The highest BCUT2D eigenvalue weighted by atomic mass is 19.1. The van der Waals surface area contributed by atoms with Crippen LogP contribution >= 0.6 is 0 Å². The fourth-order valence-electron chi connectivity index (χ4n) is 2.30. The van der Waals surface area contributed by atoms with Gasteiger partial charge in [0.2, 0.25) is 0 Å². The van der Waals surface area contributed by atoms with Crippen LogP contribution in [0.5, 0.6) is 0 Å². The first-order valence-corrected chi connectivity index (χ1v) is 6.57. The van der Waals surface area contributed by atoms with Crippen molar-refractivity contribution in [1.82, 2.24) is 5.32 Å². The molecule has 0 bridgehead atoms. The first-order chi connectivity index (χ1) is 8.69. The molecule has 2 aromatic rings. The van der Waals surface area contributed by atoms with Gasteiger partial charge < -0.3 is 9.73 Å². The maximum absolute atomic E-state index is 15.1. The van der Waals surface area contributed by atoms with Crippen molar-refractivity contribution < 1.29 is 8.81 Å². The van der Waals surface area contributed by atoms with Crippen molar-refractivity contribution in [1.29, 1.82) is 0 Å². The van der Waals surface area contributed by atoms with Gasteiger partial charge in [0.1, 0.15) is 11.3 Å². The largest absolute Gasteiger partial charge is 0.464 e. The summed E-state index contributed by atoms with van der Waals surface area (Å²) in [6.07, 6.45) is 2.99. The molecule has 0 aliphatic carbocycles. The van der Waals surface area contributed by atoms with E-state index in [2.05, 4.69) is 5.32 Å². The maximum atomic E-state index is 15.1. The molecule has 1 unspecified atom stereocenters. The average Bonchev–Trinajstić information content (AvgIpc) is 2.84. The maximum Gasteiger partial charge on any atom is 0.148 e. The lowest BCUT2D eigenvalue weighted by atomic mass is 9.90. The molecule has 0 spiro atoms. The second-order valence-corrected chi connectivity index (χ2v) is 4.67. The van der Waals surface area contributed by atoms with E-state index in [1.807, 2.05) is 38.1 Å². The molecule has 0 radical (unpaired) electrons. The summed E-state index contributed by atoms with van der Waals surface area (Å²) in [7, 11) is 0. The number of alkyl halides is 1. The minimum atomic E-state index is -1.30. The molecule has 2 nitrogen and oxygen atoms in total. The van der Waals surface area contributed by atoms with E-state index in [1.54, 1.807) is 6.26 Å². The van der Waals surface area contributed by atoms with E-state index in [0.717, 1.165) is 29.5 Å². The van der Waals surface area contributed by atoms with Crippen LogP contribution in [0.25, 0.3) is 11.0 Å². The van der Waals surface area contributed by atoms with Gasteiger partial charge in [-0.2, -0.15) is 0 Å². The van der Waals surface area contributed by atoms with Gasteiger partial charge in [0, 0.05) is 11.9 Å². The highest BCUT2D eigenvalue weighted by Gasteiger charge is 2.30. The lowest BCUT2D eigenvalue weighted by molar-refractivity contribution is 0.146. The third-order valence-electron chi connectivity index (χ3n) is 3.27. The van der Waals surface area contributed by atoms with Crippen LogP contribution in [0.4, 0.5) is 4.39 Å². The van der Waals surface area contributed by atoms with Crippen LogP contribution in [0.2, 0.25) is 0 Å². The third kappa shape index (κ3) is 2.56. The quantitative estimate of drug-likeness (QED) is 0.836. The van der Waals surface area contributed by atoms with Gasteiger partial charge >= 0.3 is 0 Å². The molecule has 0 amide bonds. The highest BCUT2D eigenvalue weighted by molar-refractivity contribution is 5.78. The molecular weight excluding hydrogens is 229 g/mol. The molecule has 0 aliphatic heterocycles. The van der Waals surface area contributed by atoms with E-state index in [4.69, 9.17) is 4.42 Å². The summed E-state index contributed by atoms with van der Waals surface area (Å²) in [4.78, 5) is 0. The molecule has 0 fully saturated rings.